The van der Waals surface area contributed by atoms with Crippen LogP contribution in [0.1, 0.15) is 31.8 Å². The summed E-state index contributed by atoms with van der Waals surface area (Å²) in [6, 6.07) is 0. The van der Waals surface area contributed by atoms with Crippen LogP contribution in [-0.4, -0.2) is 16.1 Å². The molecule has 0 fully saturated rings. The van der Waals surface area contributed by atoms with E-state index in [-0.39, 0.29) is 0 Å². The van der Waals surface area contributed by atoms with E-state index < -0.39 is 0 Å². The van der Waals surface area contributed by atoms with Crippen molar-refractivity contribution in [2.24, 2.45) is 0 Å². The molecule has 0 unspecified atom stereocenters. The molecular weight excluding hydrogens is 186 g/mol. The van der Waals surface area contributed by atoms with Gasteiger partial charge in [0, 0.05) is 25.7 Å². The van der Waals surface area contributed by atoms with E-state index in [2.05, 4.69) is 33.6 Å². The van der Waals surface area contributed by atoms with Crippen molar-refractivity contribution < 1.29 is 0 Å². The highest BCUT2D eigenvalue weighted by Crippen LogP contribution is 2.05. The third kappa shape index (κ3) is 3.41. The van der Waals surface area contributed by atoms with Gasteiger partial charge < -0.3 is 9.88 Å². The molecule has 0 saturated heterocycles. The molecule has 1 heterocycles. The van der Waals surface area contributed by atoms with Crippen molar-refractivity contribution in [1.82, 2.24) is 14.9 Å². The maximum absolute atomic E-state index is 4.32. The van der Waals surface area contributed by atoms with Crippen molar-refractivity contribution in [2.45, 2.75) is 40.3 Å². The molecule has 0 aromatic carbocycles. The van der Waals surface area contributed by atoms with E-state index in [4.69, 9.17) is 0 Å². The monoisotopic (exact) mass is 205 g/mol. The van der Waals surface area contributed by atoms with Gasteiger partial charge in [0.15, 0.2) is 0 Å². The summed E-state index contributed by atoms with van der Waals surface area (Å²) >= 11 is 0. The second-order valence-electron chi connectivity index (χ2n) is 3.41. The molecule has 0 spiro atoms. The second kappa shape index (κ2) is 6.26. The van der Waals surface area contributed by atoms with Crippen LogP contribution in [0.2, 0.25) is 0 Å². The molecular formula is C12H19N3. The Morgan fingerprint density at radius 2 is 2.33 bits per heavy atom. The number of aromatic nitrogens is 2. The molecule has 15 heavy (non-hydrogen) atoms. The first-order valence-electron chi connectivity index (χ1n) is 5.41. The highest BCUT2D eigenvalue weighted by Gasteiger charge is 2.04. The van der Waals surface area contributed by atoms with E-state index >= 15 is 0 Å². The zero-order valence-corrected chi connectivity index (χ0v) is 9.80. The van der Waals surface area contributed by atoms with Crippen LogP contribution in [0.25, 0.3) is 0 Å². The maximum Gasteiger partial charge on any atom is 0.105 e. The second-order valence-corrected chi connectivity index (χ2v) is 3.41. The SMILES string of the molecule is CC#CCCn1c(CNCC)cnc1C. The molecule has 1 rings (SSSR count). The summed E-state index contributed by atoms with van der Waals surface area (Å²) in [7, 11) is 0. The van der Waals surface area contributed by atoms with Gasteiger partial charge in [0.1, 0.15) is 5.82 Å². The van der Waals surface area contributed by atoms with Crippen LogP contribution in [0.5, 0.6) is 0 Å². The van der Waals surface area contributed by atoms with E-state index in [1.165, 1.54) is 5.69 Å². The molecule has 0 atom stereocenters. The lowest BCUT2D eigenvalue weighted by atomic mass is 10.3. The number of aryl methyl sites for hydroxylation is 1. The van der Waals surface area contributed by atoms with Crippen LogP contribution in [-0.2, 0) is 13.1 Å². The third-order valence-corrected chi connectivity index (χ3v) is 2.33. The normalized spacial score (nSPS) is 9.80. The predicted octanol–water partition coefficient (Wildman–Crippen LogP) is 1.71. The van der Waals surface area contributed by atoms with Gasteiger partial charge in [-0.2, -0.15) is 0 Å². The Labute approximate surface area is 91.9 Å². The third-order valence-electron chi connectivity index (χ3n) is 2.33. The Balaban J connectivity index is 2.64. The zero-order valence-electron chi connectivity index (χ0n) is 9.80. The molecule has 1 aromatic heterocycles. The Hall–Kier alpha value is -1.27. The Bertz CT molecular complexity index is 355. The van der Waals surface area contributed by atoms with Gasteiger partial charge in [0.05, 0.1) is 5.69 Å². The molecule has 0 bridgehead atoms. The van der Waals surface area contributed by atoms with Crippen LogP contribution in [0.3, 0.4) is 0 Å². The summed E-state index contributed by atoms with van der Waals surface area (Å²) in [5, 5.41) is 3.31. The largest absolute Gasteiger partial charge is 0.330 e. The van der Waals surface area contributed by atoms with Crippen LogP contribution >= 0.6 is 0 Å². The average molecular weight is 205 g/mol. The molecule has 3 heteroatoms. The zero-order chi connectivity index (χ0) is 11.1. The molecule has 0 saturated carbocycles. The first-order chi connectivity index (χ1) is 7.29. The summed E-state index contributed by atoms with van der Waals surface area (Å²) in [6.07, 6.45) is 2.84. The first kappa shape index (κ1) is 11.8. The lowest BCUT2D eigenvalue weighted by Gasteiger charge is -2.08. The van der Waals surface area contributed by atoms with E-state index in [0.717, 1.165) is 31.9 Å². The number of nitrogens with one attached hydrogen (secondary N) is 1. The number of hydrogen-bond acceptors (Lipinski definition) is 2. The predicted molar refractivity (Wildman–Crippen MR) is 62.4 cm³/mol. The van der Waals surface area contributed by atoms with E-state index in [0.29, 0.717) is 0 Å². The quantitative estimate of drug-likeness (QED) is 0.742. The maximum atomic E-state index is 4.32. The van der Waals surface area contributed by atoms with Crippen molar-refractivity contribution in [3.8, 4) is 11.8 Å². The topological polar surface area (TPSA) is 29.9 Å². The highest BCUT2D eigenvalue weighted by atomic mass is 15.1. The van der Waals surface area contributed by atoms with Gasteiger partial charge >= 0.3 is 0 Å². The van der Waals surface area contributed by atoms with Gasteiger partial charge in [-0.05, 0) is 20.4 Å². The van der Waals surface area contributed by atoms with E-state index in [9.17, 15) is 0 Å². The van der Waals surface area contributed by atoms with Crippen molar-refractivity contribution >= 4 is 0 Å². The molecule has 3 nitrogen and oxygen atoms in total. The smallest absolute Gasteiger partial charge is 0.105 e. The molecule has 0 aliphatic heterocycles. The molecule has 1 N–H and O–H groups in total. The molecule has 0 radical (unpaired) electrons. The molecule has 1 aromatic rings. The minimum absolute atomic E-state index is 0.886. The van der Waals surface area contributed by atoms with Gasteiger partial charge in [-0.15, -0.1) is 11.8 Å². The number of hydrogen-bond donors (Lipinski definition) is 1. The van der Waals surface area contributed by atoms with E-state index in [1.807, 2.05) is 20.0 Å². The fourth-order valence-electron chi connectivity index (χ4n) is 1.51. The first-order valence-corrected chi connectivity index (χ1v) is 5.41. The molecule has 0 aliphatic carbocycles. The van der Waals surface area contributed by atoms with Crippen molar-refractivity contribution in [1.29, 1.82) is 0 Å². The van der Waals surface area contributed by atoms with Crippen LogP contribution < -0.4 is 5.32 Å². The van der Waals surface area contributed by atoms with Gasteiger partial charge in [0.2, 0.25) is 0 Å². The van der Waals surface area contributed by atoms with Gasteiger partial charge in [-0.3, -0.25) is 0 Å². The fourth-order valence-corrected chi connectivity index (χ4v) is 1.51. The minimum Gasteiger partial charge on any atom is -0.330 e. The van der Waals surface area contributed by atoms with E-state index in [1.54, 1.807) is 0 Å². The van der Waals surface area contributed by atoms with Crippen LogP contribution in [0.15, 0.2) is 6.20 Å². The fraction of sp³-hybridized carbons (Fsp3) is 0.583. The molecule has 0 amide bonds. The summed E-state index contributed by atoms with van der Waals surface area (Å²) in [5.74, 6) is 7.06. The number of imidazole rings is 1. The Morgan fingerprint density at radius 1 is 1.53 bits per heavy atom. The standard InChI is InChI=1S/C12H19N3/c1-4-6-7-8-15-11(3)14-10-12(15)9-13-5-2/h10,13H,5,7-9H2,1-3H3. The Morgan fingerprint density at radius 3 is 3.00 bits per heavy atom. The van der Waals surface area contributed by atoms with Gasteiger partial charge in [-0.25, -0.2) is 4.98 Å². The highest BCUT2D eigenvalue weighted by molar-refractivity contribution is 5.05. The van der Waals surface area contributed by atoms with Gasteiger partial charge in [0.25, 0.3) is 0 Å². The average Bonchev–Trinajstić information content (AvgIpc) is 2.58. The summed E-state index contributed by atoms with van der Waals surface area (Å²) in [6.45, 7) is 8.83. The number of nitrogens with zero attached hydrogens (tertiary/aromatic N) is 2. The van der Waals surface area contributed by atoms with Crippen LogP contribution in [0, 0.1) is 18.8 Å². The molecule has 0 aliphatic rings. The van der Waals surface area contributed by atoms with Crippen molar-refractivity contribution in [3.05, 3.63) is 17.7 Å². The van der Waals surface area contributed by atoms with Crippen LogP contribution in [0.4, 0.5) is 0 Å². The van der Waals surface area contributed by atoms with Crippen molar-refractivity contribution in [3.63, 3.8) is 0 Å². The van der Waals surface area contributed by atoms with Crippen molar-refractivity contribution in [2.75, 3.05) is 6.54 Å². The summed E-state index contributed by atoms with van der Waals surface area (Å²) in [5.41, 5.74) is 1.24. The van der Waals surface area contributed by atoms with Gasteiger partial charge in [-0.1, -0.05) is 6.92 Å². The lowest BCUT2D eigenvalue weighted by Crippen LogP contribution is -2.16. The lowest BCUT2D eigenvalue weighted by molar-refractivity contribution is 0.616. The Kier molecular flexibility index (Phi) is 4.92. The summed E-state index contributed by atoms with van der Waals surface area (Å²) < 4.78 is 2.23. The summed E-state index contributed by atoms with van der Waals surface area (Å²) in [4.78, 5) is 4.32. The number of rotatable bonds is 5. The molecule has 82 valence electrons. The minimum atomic E-state index is 0.886.